The van der Waals surface area contributed by atoms with Crippen molar-refractivity contribution in [2.75, 3.05) is 0 Å². The van der Waals surface area contributed by atoms with Crippen LogP contribution in [0.2, 0.25) is 0 Å². The molecule has 126 valence electrons. The van der Waals surface area contributed by atoms with Gasteiger partial charge in [0.1, 0.15) is 0 Å². The first kappa shape index (κ1) is 20.0. The first-order valence-corrected chi connectivity index (χ1v) is 10.8. The summed E-state index contributed by atoms with van der Waals surface area (Å²) in [7, 11) is 0. The van der Waals surface area contributed by atoms with Crippen molar-refractivity contribution in [3.05, 3.63) is 35.9 Å². The quantitative estimate of drug-likeness (QED) is 0.166. The number of benzene rings is 1. The molecular weight excluding hydrogens is 379 g/mol. The maximum Gasteiger partial charge on any atom is 0.0150 e. The summed E-state index contributed by atoms with van der Waals surface area (Å²) in [5, 5.41) is 0. The summed E-state index contributed by atoms with van der Waals surface area (Å²) in [6.45, 7) is 2.29. The third-order valence-electron chi connectivity index (χ3n) is 4.42. The van der Waals surface area contributed by atoms with Crippen molar-refractivity contribution in [3.8, 4) is 0 Å². The van der Waals surface area contributed by atoms with Gasteiger partial charge in [0.2, 0.25) is 0 Å². The van der Waals surface area contributed by atoms with E-state index in [1.165, 1.54) is 89.0 Å². The molecular formula is C21H35I. The fourth-order valence-corrected chi connectivity index (χ4v) is 3.95. The van der Waals surface area contributed by atoms with Crippen molar-refractivity contribution >= 4 is 22.6 Å². The standard InChI is InChI=1S/C21H35I/c1-2-3-4-5-6-7-8-9-10-11-15-18-21(22)19-20-16-13-12-14-17-20/h12-14,16-17,21H,2-11,15,18-19H2,1H3. The molecule has 0 aromatic heterocycles. The molecule has 0 nitrogen and oxygen atoms in total. The molecule has 0 aliphatic rings. The molecule has 0 saturated heterocycles. The lowest BCUT2D eigenvalue weighted by Crippen LogP contribution is -2.02. The average molecular weight is 414 g/mol. The van der Waals surface area contributed by atoms with Crippen LogP contribution in [0.3, 0.4) is 0 Å². The molecule has 0 aliphatic heterocycles. The van der Waals surface area contributed by atoms with E-state index in [-0.39, 0.29) is 0 Å². The van der Waals surface area contributed by atoms with Crippen molar-refractivity contribution in [2.45, 2.75) is 94.3 Å². The van der Waals surface area contributed by atoms with E-state index in [1.807, 2.05) is 0 Å². The molecule has 1 rings (SSSR count). The summed E-state index contributed by atoms with van der Waals surface area (Å²) >= 11 is 2.64. The Hall–Kier alpha value is -0.0500. The highest BCUT2D eigenvalue weighted by Crippen LogP contribution is 2.18. The Morgan fingerprint density at radius 1 is 0.727 bits per heavy atom. The fraction of sp³-hybridized carbons (Fsp3) is 0.714. The number of hydrogen-bond acceptors (Lipinski definition) is 0. The molecule has 1 heteroatoms. The van der Waals surface area contributed by atoms with Crippen LogP contribution in [0, 0.1) is 0 Å². The lowest BCUT2D eigenvalue weighted by Gasteiger charge is -2.09. The SMILES string of the molecule is CCCCCCCCCCCCCC(I)Cc1ccccc1. The first-order chi connectivity index (χ1) is 10.8. The van der Waals surface area contributed by atoms with Gasteiger partial charge in [0.05, 0.1) is 0 Å². The fourth-order valence-electron chi connectivity index (χ4n) is 3.00. The Bertz CT molecular complexity index is 333. The summed E-state index contributed by atoms with van der Waals surface area (Å²) in [5.41, 5.74) is 1.49. The molecule has 0 aliphatic carbocycles. The second-order valence-electron chi connectivity index (χ2n) is 6.61. The molecule has 0 heterocycles. The van der Waals surface area contributed by atoms with Crippen molar-refractivity contribution in [3.63, 3.8) is 0 Å². The average Bonchev–Trinajstić information content (AvgIpc) is 2.53. The van der Waals surface area contributed by atoms with E-state index in [2.05, 4.69) is 59.8 Å². The van der Waals surface area contributed by atoms with Gasteiger partial charge in [0.15, 0.2) is 0 Å². The van der Waals surface area contributed by atoms with Crippen LogP contribution in [-0.2, 0) is 6.42 Å². The molecule has 0 fully saturated rings. The van der Waals surface area contributed by atoms with Gasteiger partial charge in [0, 0.05) is 3.92 Å². The molecule has 1 unspecified atom stereocenters. The first-order valence-electron chi connectivity index (χ1n) is 9.51. The van der Waals surface area contributed by atoms with Crippen LogP contribution in [0.1, 0.15) is 89.5 Å². The van der Waals surface area contributed by atoms with Gasteiger partial charge in [0.25, 0.3) is 0 Å². The van der Waals surface area contributed by atoms with Crippen LogP contribution in [0.5, 0.6) is 0 Å². The lowest BCUT2D eigenvalue weighted by atomic mass is 10.0. The van der Waals surface area contributed by atoms with E-state index in [0.29, 0.717) is 0 Å². The van der Waals surface area contributed by atoms with Crippen LogP contribution in [0.25, 0.3) is 0 Å². The van der Waals surface area contributed by atoms with Gasteiger partial charge in [-0.1, -0.05) is 130 Å². The van der Waals surface area contributed by atoms with E-state index in [9.17, 15) is 0 Å². The highest BCUT2D eigenvalue weighted by molar-refractivity contribution is 14.1. The zero-order valence-corrected chi connectivity index (χ0v) is 16.7. The number of halogens is 1. The third-order valence-corrected chi connectivity index (χ3v) is 5.48. The van der Waals surface area contributed by atoms with Crippen LogP contribution in [0.15, 0.2) is 30.3 Å². The monoisotopic (exact) mass is 414 g/mol. The molecule has 22 heavy (non-hydrogen) atoms. The molecule has 0 radical (unpaired) electrons. The van der Waals surface area contributed by atoms with Crippen molar-refractivity contribution in [2.24, 2.45) is 0 Å². The Morgan fingerprint density at radius 2 is 1.23 bits per heavy atom. The summed E-state index contributed by atoms with van der Waals surface area (Å²) < 4.78 is 0.804. The van der Waals surface area contributed by atoms with Crippen LogP contribution in [0.4, 0.5) is 0 Å². The van der Waals surface area contributed by atoms with Gasteiger partial charge in [-0.3, -0.25) is 0 Å². The van der Waals surface area contributed by atoms with E-state index in [0.717, 1.165) is 3.92 Å². The van der Waals surface area contributed by atoms with Gasteiger partial charge < -0.3 is 0 Å². The second-order valence-corrected chi connectivity index (χ2v) is 8.37. The van der Waals surface area contributed by atoms with Crippen LogP contribution >= 0.6 is 22.6 Å². The minimum Gasteiger partial charge on any atom is -0.0823 e. The highest BCUT2D eigenvalue weighted by Gasteiger charge is 2.04. The topological polar surface area (TPSA) is 0 Å². The Kier molecular flexibility index (Phi) is 13.2. The lowest BCUT2D eigenvalue weighted by molar-refractivity contribution is 0.543. The number of alkyl halides is 1. The molecule has 0 amide bonds. The third kappa shape index (κ3) is 11.5. The van der Waals surface area contributed by atoms with Gasteiger partial charge >= 0.3 is 0 Å². The normalized spacial score (nSPS) is 12.5. The summed E-state index contributed by atoms with van der Waals surface area (Å²) in [6.07, 6.45) is 18.5. The Labute approximate surface area is 152 Å². The number of rotatable bonds is 14. The largest absolute Gasteiger partial charge is 0.0823 e. The highest BCUT2D eigenvalue weighted by atomic mass is 127. The van der Waals surface area contributed by atoms with E-state index < -0.39 is 0 Å². The maximum atomic E-state index is 2.64. The molecule has 1 aromatic rings. The number of unbranched alkanes of at least 4 members (excludes halogenated alkanes) is 10. The Morgan fingerprint density at radius 3 is 1.77 bits per heavy atom. The van der Waals surface area contributed by atoms with E-state index >= 15 is 0 Å². The summed E-state index contributed by atoms with van der Waals surface area (Å²) in [6, 6.07) is 10.9. The van der Waals surface area contributed by atoms with E-state index in [4.69, 9.17) is 0 Å². The van der Waals surface area contributed by atoms with Crippen molar-refractivity contribution < 1.29 is 0 Å². The van der Waals surface area contributed by atoms with E-state index in [1.54, 1.807) is 0 Å². The smallest absolute Gasteiger partial charge is 0.0150 e. The molecule has 1 aromatic carbocycles. The van der Waals surface area contributed by atoms with Crippen molar-refractivity contribution in [1.29, 1.82) is 0 Å². The zero-order chi connectivity index (χ0) is 15.9. The summed E-state index contributed by atoms with van der Waals surface area (Å²) in [4.78, 5) is 0. The van der Waals surface area contributed by atoms with Gasteiger partial charge in [-0.05, 0) is 18.4 Å². The second kappa shape index (κ2) is 14.5. The Balaban J connectivity index is 1.85. The predicted octanol–water partition coefficient (Wildman–Crippen LogP) is 7.73. The molecule has 0 saturated carbocycles. The van der Waals surface area contributed by atoms with Crippen LogP contribution < -0.4 is 0 Å². The zero-order valence-electron chi connectivity index (χ0n) is 14.5. The molecule has 0 bridgehead atoms. The van der Waals surface area contributed by atoms with Gasteiger partial charge in [-0.15, -0.1) is 0 Å². The van der Waals surface area contributed by atoms with Gasteiger partial charge in [-0.2, -0.15) is 0 Å². The molecule has 0 N–H and O–H groups in total. The minimum absolute atomic E-state index is 0.804. The van der Waals surface area contributed by atoms with Crippen LogP contribution in [-0.4, -0.2) is 3.92 Å². The molecule has 0 spiro atoms. The molecule has 1 atom stereocenters. The maximum absolute atomic E-state index is 2.64. The minimum atomic E-state index is 0.804. The van der Waals surface area contributed by atoms with Crippen molar-refractivity contribution in [1.82, 2.24) is 0 Å². The summed E-state index contributed by atoms with van der Waals surface area (Å²) in [5.74, 6) is 0. The number of hydrogen-bond donors (Lipinski definition) is 0. The van der Waals surface area contributed by atoms with Gasteiger partial charge in [-0.25, -0.2) is 0 Å². The predicted molar refractivity (Wildman–Crippen MR) is 109 cm³/mol.